The van der Waals surface area contributed by atoms with E-state index in [4.69, 9.17) is 15.3 Å². The minimum Gasteiger partial charge on any atom is -0.504 e. The molecular weight excluding hydrogens is 192 g/mol. The molecule has 0 bridgehead atoms. The van der Waals surface area contributed by atoms with Crippen LogP contribution >= 0.6 is 0 Å². The minimum absolute atomic E-state index is 0.396. The van der Waals surface area contributed by atoms with Crippen molar-refractivity contribution in [3.05, 3.63) is 11.6 Å². The van der Waals surface area contributed by atoms with Crippen molar-refractivity contribution in [2.75, 3.05) is 7.11 Å². The molecular formula is C8H8O6. The number of methoxy groups -OCH3 is 1. The van der Waals surface area contributed by atoms with Crippen molar-refractivity contribution in [1.82, 2.24) is 0 Å². The van der Waals surface area contributed by atoms with Gasteiger partial charge in [-0.1, -0.05) is 0 Å². The summed E-state index contributed by atoms with van der Waals surface area (Å²) in [6.45, 7) is 0. The van der Waals surface area contributed by atoms with Crippen molar-refractivity contribution in [3.8, 4) is 23.0 Å². The predicted molar refractivity (Wildman–Crippen MR) is 44.9 cm³/mol. The Balaban J connectivity index is 3.51. The first-order valence-electron chi connectivity index (χ1n) is 3.54. The molecule has 76 valence electrons. The number of ether oxygens (including phenoxy) is 1. The third-order valence-electron chi connectivity index (χ3n) is 1.64. The maximum absolute atomic E-state index is 10.6. The number of carboxylic acid groups (broad SMARTS) is 1. The van der Waals surface area contributed by atoms with Crippen LogP contribution < -0.4 is 4.74 Å². The number of aromatic hydroxyl groups is 3. The number of hydrogen-bond donors (Lipinski definition) is 4. The van der Waals surface area contributed by atoms with Crippen LogP contribution in [0.1, 0.15) is 10.4 Å². The van der Waals surface area contributed by atoms with Gasteiger partial charge >= 0.3 is 5.97 Å². The highest BCUT2D eigenvalue weighted by Crippen LogP contribution is 2.44. The van der Waals surface area contributed by atoms with E-state index in [-0.39, 0.29) is 0 Å². The quantitative estimate of drug-likeness (QED) is 0.518. The molecule has 14 heavy (non-hydrogen) atoms. The van der Waals surface area contributed by atoms with Crippen LogP contribution in [0.4, 0.5) is 0 Å². The molecule has 0 saturated heterocycles. The van der Waals surface area contributed by atoms with Crippen LogP contribution in [0.15, 0.2) is 6.07 Å². The van der Waals surface area contributed by atoms with Crippen molar-refractivity contribution in [3.63, 3.8) is 0 Å². The summed E-state index contributed by atoms with van der Waals surface area (Å²) in [4.78, 5) is 10.6. The molecule has 6 heteroatoms. The molecule has 4 N–H and O–H groups in total. The average Bonchev–Trinajstić information content (AvgIpc) is 2.13. The van der Waals surface area contributed by atoms with Gasteiger partial charge in [0.15, 0.2) is 11.5 Å². The number of phenols is 3. The number of phenolic OH excluding ortho intramolecular Hbond substituents is 3. The molecule has 0 aromatic heterocycles. The molecule has 0 saturated carbocycles. The normalized spacial score (nSPS) is 9.79. The average molecular weight is 200 g/mol. The molecule has 1 aromatic carbocycles. The van der Waals surface area contributed by atoms with Gasteiger partial charge in [-0.2, -0.15) is 0 Å². The summed E-state index contributed by atoms with van der Waals surface area (Å²) in [5.74, 6) is -4.11. The molecule has 0 spiro atoms. The Hall–Kier alpha value is -2.11. The topological polar surface area (TPSA) is 107 Å². The Labute approximate surface area is 78.6 Å². The third kappa shape index (κ3) is 1.37. The molecule has 0 unspecified atom stereocenters. The Morgan fingerprint density at radius 3 is 2.29 bits per heavy atom. The SMILES string of the molecule is COc1c(C(=O)O)cc(O)c(O)c1O. The van der Waals surface area contributed by atoms with Gasteiger partial charge in [0.25, 0.3) is 0 Å². The van der Waals surface area contributed by atoms with Crippen LogP contribution in [0.25, 0.3) is 0 Å². The number of carboxylic acids is 1. The molecule has 0 aliphatic carbocycles. The van der Waals surface area contributed by atoms with Crippen molar-refractivity contribution < 1.29 is 30.0 Å². The Morgan fingerprint density at radius 2 is 1.86 bits per heavy atom. The van der Waals surface area contributed by atoms with Gasteiger partial charge in [-0.3, -0.25) is 0 Å². The first-order valence-corrected chi connectivity index (χ1v) is 3.54. The van der Waals surface area contributed by atoms with E-state index in [1.807, 2.05) is 0 Å². The van der Waals surface area contributed by atoms with Gasteiger partial charge in [-0.25, -0.2) is 4.79 Å². The van der Waals surface area contributed by atoms with Crippen LogP contribution in [0.5, 0.6) is 23.0 Å². The summed E-state index contributed by atoms with van der Waals surface area (Å²) >= 11 is 0. The van der Waals surface area contributed by atoms with Crippen LogP contribution in [0.2, 0.25) is 0 Å². The molecule has 0 heterocycles. The fraction of sp³-hybridized carbons (Fsp3) is 0.125. The van der Waals surface area contributed by atoms with E-state index in [9.17, 15) is 9.90 Å². The minimum atomic E-state index is -1.38. The van der Waals surface area contributed by atoms with Crippen LogP contribution in [-0.4, -0.2) is 33.5 Å². The summed E-state index contributed by atoms with van der Waals surface area (Å²) < 4.78 is 4.57. The number of rotatable bonds is 2. The zero-order valence-electron chi connectivity index (χ0n) is 7.18. The maximum atomic E-state index is 10.6. The fourth-order valence-corrected chi connectivity index (χ4v) is 0.993. The summed E-state index contributed by atoms with van der Waals surface area (Å²) in [5.41, 5.74) is -0.430. The Kier molecular flexibility index (Phi) is 2.37. The largest absolute Gasteiger partial charge is 0.504 e. The number of hydrogen-bond acceptors (Lipinski definition) is 5. The predicted octanol–water partition coefficient (Wildman–Crippen LogP) is 0.510. The van der Waals surface area contributed by atoms with Gasteiger partial charge in [-0.15, -0.1) is 0 Å². The Bertz CT molecular complexity index is 384. The van der Waals surface area contributed by atoms with E-state index < -0.39 is 34.5 Å². The lowest BCUT2D eigenvalue weighted by atomic mass is 10.1. The molecule has 0 aliphatic rings. The van der Waals surface area contributed by atoms with Crippen molar-refractivity contribution in [2.45, 2.75) is 0 Å². The molecule has 0 amide bonds. The summed E-state index contributed by atoms with van der Waals surface area (Å²) in [6.07, 6.45) is 0. The summed E-state index contributed by atoms with van der Waals surface area (Å²) in [7, 11) is 1.14. The van der Waals surface area contributed by atoms with Gasteiger partial charge in [0.05, 0.1) is 7.11 Å². The van der Waals surface area contributed by atoms with E-state index in [0.29, 0.717) is 0 Å². The number of carbonyl (C=O) groups is 1. The van der Waals surface area contributed by atoms with Gasteiger partial charge in [0.1, 0.15) is 5.56 Å². The van der Waals surface area contributed by atoms with Crippen LogP contribution in [-0.2, 0) is 0 Å². The van der Waals surface area contributed by atoms with Gasteiger partial charge in [0, 0.05) is 6.07 Å². The van der Waals surface area contributed by atoms with E-state index >= 15 is 0 Å². The highest BCUT2D eigenvalue weighted by molar-refractivity contribution is 5.93. The van der Waals surface area contributed by atoms with E-state index in [1.165, 1.54) is 0 Å². The van der Waals surface area contributed by atoms with E-state index in [0.717, 1.165) is 13.2 Å². The highest BCUT2D eigenvalue weighted by Gasteiger charge is 2.21. The lowest BCUT2D eigenvalue weighted by Gasteiger charge is -2.09. The number of benzene rings is 1. The molecule has 1 rings (SSSR count). The van der Waals surface area contributed by atoms with Crippen molar-refractivity contribution >= 4 is 5.97 Å². The number of aromatic carboxylic acids is 1. The van der Waals surface area contributed by atoms with Crippen LogP contribution in [0, 0.1) is 0 Å². The highest BCUT2D eigenvalue weighted by atomic mass is 16.5. The second-order valence-electron chi connectivity index (χ2n) is 2.48. The molecule has 0 radical (unpaired) electrons. The summed E-state index contributed by atoms with van der Waals surface area (Å²) in [6, 6.07) is 0.788. The molecule has 1 aromatic rings. The van der Waals surface area contributed by atoms with Crippen molar-refractivity contribution in [1.29, 1.82) is 0 Å². The van der Waals surface area contributed by atoms with Crippen LogP contribution in [0.3, 0.4) is 0 Å². The molecule has 0 fully saturated rings. The second-order valence-corrected chi connectivity index (χ2v) is 2.48. The molecule has 0 atom stereocenters. The Morgan fingerprint density at radius 1 is 1.29 bits per heavy atom. The van der Waals surface area contributed by atoms with Gasteiger partial charge in [0.2, 0.25) is 11.5 Å². The third-order valence-corrected chi connectivity index (χ3v) is 1.64. The lowest BCUT2D eigenvalue weighted by Crippen LogP contribution is -2.00. The maximum Gasteiger partial charge on any atom is 0.339 e. The van der Waals surface area contributed by atoms with Gasteiger partial charge < -0.3 is 25.2 Å². The second kappa shape index (κ2) is 3.33. The first kappa shape index (κ1) is 9.97. The summed E-state index contributed by atoms with van der Waals surface area (Å²) in [5, 5.41) is 35.9. The standard InChI is InChI=1S/C8H8O6/c1-14-7-3(8(12)13)2-4(9)5(10)6(7)11/h2,9-11H,1H3,(H,12,13). The van der Waals surface area contributed by atoms with Gasteiger partial charge in [-0.05, 0) is 0 Å². The van der Waals surface area contributed by atoms with E-state index in [1.54, 1.807) is 0 Å². The monoisotopic (exact) mass is 200 g/mol. The fourth-order valence-electron chi connectivity index (χ4n) is 0.993. The van der Waals surface area contributed by atoms with E-state index in [2.05, 4.69) is 4.74 Å². The van der Waals surface area contributed by atoms with Crippen molar-refractivity contribution in [2.24, 2.45) is 0 Å². The first-order chi connectivity index (χ1) is 6.49. The smallest absolute Gasteiger partial charge is 0.339 e. The lowest BCUT2D eigenvalue weighted by molar-refractivity contribution is 0.0692. The molecule has 0 aliphatic heterocycles. The zero-order valence-corrected chi connectivity index (χ0v) is 7.18. The molecule has 6 nitrogen and oxygen atoms in total. The zero-order chi connectivity index (χ0) is 10.9.